The molecule has 1 aliphatic rings. The summed E-state index contributed by atoms with van der Waals surface area (Å²) >= 11 is 1.21. The number of hydrogen-bond donors (Lipinski definition) is 1. The maximum absolute atomic E-state index is 12.4. The molecule has 7 heteroatoms. The van der Waals surface area contributed by atoms with Crippen LogP contribution in [0.5, 0.6) is 0 Å². The van der Waals surface area contributed by atoms with Gasteiger partial charge in [-0.25, -0.2) is 9.79 Å². The Morgan fingerprint density at radius 3 is 2.67 bits per heavy atom. The minimum Gasteiger partial charge on any atom is -0.478 e. The van der Waals surface area contributed by atoms with Crippen molar-refractivity contribution in [2.75, 3.05) is 7.05 Å². The number of amides is 1. The quantitative estimate of drug-likeness (QED) is 0.869. The molecular formula is C17H13N3O3S. The smallest absolute Gasteiger partial charge is 0.337 e. The largest absolute Gasteiger partial charge is 0.478 e. The fourth-order valence-corrected chi connectivity index (χ4v) is 3.10. The number of aromatic carboxylic acids is 1. The lowest BCUT2D eigenvalue weighted by atomic mass is 10.2. The van der Waals surface area contributed by atoms with Crippen molar-refractivity contribution in [2.45, 2.75) is 0 Å². The fourth-order valence-electron chi connectivity index (χ4n) is 2.12. The van der Waals surface area contributed by atoms with E-state index in [1.165, 1.54) is 22.7 Å². The molecule has 1 aromatic carbocycles. The summed E-state index contributed by atoms with van der Waals surface area (Å²) < 4.78 is 0. The Balaban J connectivity index is 1.95. The van der Waals surface area contributed by atoms with Crippen LogP contribution in [0.1, 0.15) is 15.9 Å². The summed E-state index contributed by atoms with van der Waals surface area (Å²) in [6, 6.07) is 10.0. The van der Waals surface area contributed by atoms with Gasteiger partial charge in [-0.15, -0.1) is 0 Å². The van der Waals surface area contributed by atoms with Crippen molar-refractivity contribution < 1.29 is 14.7 Å². The summed E-state index contributed by atoms with van der Waals surface area (Å²) in [4.78, 5) is 33.9. The topological polar surface area (TPSA) is 82.9 Å². The summed E-state index contributed by atoms with van der Waals surface area (Å²) in [5.74, 6) is -1.23. The van der Waals surface area contributed by atoms with E-state index in [0.29, 0.717) is 15.8 Å². The van der Waals surface area contributed by atoms with E-state index in [0.717, 1.165) is 5.56 Å². The fraction of sp³-hybridized carbons (Fsp3) is 0.0588. The monoisotopic (exact) mass is 339 g/mol. The minimum atomic E-state index is -1.06. The van der Waals surface area contributed by atoms with Gasteiger partial charge in [-0.3, -0.25) is 14.7 Å². The van der Waals surface area contributed by atoms with Gasteiger partial charge in [0.15, 0.2) is 5.17 Å². The number of carbonyl (C=O) groups excluding carboxylic acids is 1. The van der Waals surface area contributed by atoms with E-state index < -0.39 is 5.97 Å². The predicted octanol–water partition coefficient (Wildman–Crippen LogP) is 3.01. The highest BCUT2D eigenvalue weighted by Gasteiger charge is 2.30. The number of aromatic nitrogens is 1. The van der Waals surface area contributed by atoms with Gasteiger partial charge >= 0.3 is 5.97 Å². The number of nitrogens with zero attached hydrogens (tertiary/aromatic N) is 3. The molecule has 0 atom stereocenters. The number of carbonyl (C=O) groups is 2. The first-order valence-corrected chi connectivity index (χ1v) is 7.86. The van der Waals surface area contributed by atoms with Crippen LogP contribution < -0.4 is 0 Å². The van der Waals surface area contributed by atoms with Crippen molar-refractivity contribution in [1.82, 2.24) is 9.88 Å². The lowest BCUT2D eigenvalue weighted by Crippen LogP contribution is -2.23. The van der Waals surface area contributed by atoms with Gasteiger partial charge in [-0.05, 0) is 47.7 Å². The number of benzene rings is 1. The van der Waals surface area contributed by atoms with E-state index in [2.05, 4.69) is 9.98 Å². The van der Waals surface area contributed by atoms with Gasteiger partial charge in [-0.2, -0.15) is 0 Å². The lowest BCUT2D eigenvalue weighted by molar-refractivity contribution is -0.121. The first-order chi connectivity index (χ1) is 11.6. The van der Waals surface area contributed by atoms with Crippen molar-refractivity contribution >= 4 is 40.6 Å². The Labute approximate surface area is 142 Å². The summed E-state index contributed by atoms with van der Waals surface area (Å²) in [7, 11) is 1.62. The Morgan fingerprint density at radius 1 is 1.25 bits per heavy atom. The Kier molecular flexibility index (Phi) is 4.43. The average Bonchev–Trinajstić information content (AvgIpc) is 2.84. The maximum Gasteiger partial charge on any atom is 0.337 e. The van der Waals surface area contributed by atoms with Gasteiger partial charge in [-0.1, -0.05) is 12.1 Å². The molecule has 3 rings (SSSR count). The highest BCUT2D eigenvalue weighted by Crippen LogP contribution is 2.33. The van der Waals surface area contributed by atoms with Crippen molar-refractivity contribution in [1.29, 1.82) is 0 Å². The van der Waals surface area contributed by atoms with E-state index in [1.54, 1.807) is 55.8 Å². The summed E-state index contributed by atoms with van der Waals surface area (Å²) in [5.41, 5.74) is 1.27. The molecule has 2 heterocycles. The molecule has 0 unspecified atom stereocenters. The number of rotatable bonds is 3. The van der Waals surface area contributed by atoms with Crippen LogP contribution in [-0.2, 0) is 4.79 Å². The van der Waals surface area contributed by atoms with Crippen LogP contribution in [0.25, 0.3) is 6.08 Å². The third-order valence-corrected chi connectivity index (χ3v) is 4.42. The third-order valence-electron chi connectivity index (χ3n) is 3.36. The Morgan fingerprint density at radius 2 is 1.96 bits per heavy atom. The van der Waals surface area contributed by atoms with E-state index >= 15 is 0 Å². The molecule has 1 N–H and O–H groups in total. The highest BCUT2D eigenvalue weighted by molar-refractivity contribution is 8.18. The number of hydrogen-bond acceptors (Lipinski definition) is 5. The Bertz CT molecular complexity index is 862. The van der Waals surface area contributed by atoms with Gasteiger partial charge in [0.25, 0.3) is 5.91 Å². The van der Waals surface area contributed by atoms with Crippen molar-refractivity contribution in [3.8, 4) is 0 Å². The first-order valence-electron chi connectivity index (χ1n) is 7.05. The number of thioether (sulfide) groups is 1. The number of amidine groups is 1. The molecule has 6 nitrogen and oxygen atoms in total. The molecule has 24 heavy (non-hydrogen) atoms. The van der Waals surface area contributed by atoms with Gasteiger partial charge in [0.05, 0.1) is 16.2 Å². The second-order valence-electron chi connectivity index (χ2n) is 4.97. The summed E-state index contributed by atoms with van der Waals surface area (Å²) in [6.45, 7) is 0. The van der Waals surface area contributed by atoms with Crippen LogP contribution in [0.3, 0.4) is 0 Å². The van der Waals surface area contributed by atoms with Crippen molar-refractivity contribution in [3.63, 3.8) is 0 Å². The summed E-state index contributed by atoms with van der Waals surface area (Å²) in [6.07, 6.45) is 5.06. The molecule has 1 aromatic heterocycles. The summed E-state index contributed by atoms with van der Waals surface area (Å²) in [5, 5.41) is 9.67. The van der Waals surface area contributed by atoms with E-state index in [1.807, 2.05) is 0 Å². The molecule has 1 fully saturated rings. The van der Waals surface area contributed by atoms with E-state index in [-0.39, 0.29) is 11.5 Å². The Hall–Kier alpha value is -2.93. The molecule has 1 aliphatic heterocycles. The molecule has 0 spiro atoms. The molecule has 0 saturated carbocycles. The van der Waals surface area contributed by atoms with Crippen molar-refractivity contribution in [3.05, 3.63) is 64.8 Å². The molecule has 1 amide bonds. The molecule has 1 saturated heterocycles. The van der Waals surface area contributed by atoms with Crippen LogP contribution in [0.2, 0.25) is 0 Å². The predicted molar refractivity (Wildman–Crippen MR) is 93.1 cm³/mol. The molecule has 120 valence electrons. The zero-order valence-electron chi connectivity index (χ0n) is 12.7. The van der Waals surface area contributed by atoms with Crippen LogP contribution in [0.15, 0.2) is 58.7 Å². The first kappa shape index (κ1) is 15.9. The van der Waals surface area contributed by atoms with Crippen LogP contribution in [0.4, 0.5) is 5.69 Å². The lowest BCUT2D eigenvalue weighted by Gasteiger charge is -2.08. The number of carboxylic acids is 1. The number of likely N-dealkylation sites (N-methyl/N-ethyl adjacent to an activating group) is 1. The van der Waals surface area contributed by atoms with Gasteiger partial charge in [0.2, 0.25) is 0 Å². The zero-order valence-corrected chi connectivity index (χ0v) is 13.5. The second kappa shape index (κ2) is 6.67. The number of aliphatic imine (C=N–C) groups is 1. The molecular weight excluding hydrogens is 326 g/mol. The standard InChI is InChI=1S/C17H13N3O3S/c1-20-15(21)14(10-11-6-8-18-9-7-11)24-17(20)19-13-5-3-2-4-12(13)16(22)23/h2-10H,1H3,(H,22,23)/b14-10-,19-17?. The second-order valence-corrected chi connectivity index (χ2v) is 5.98. The number of para-hydroxylation sites is 1. The maximum atomic E-state index is 12.4. The SMILES string of the molecule is CN1C(=O)/C(=C/c2ccncc2)SC1=Nc1ccccc1C(=O)O. The zero-order chi connectivity index (χ0) is 17.1. The average molecular weight is 339 g/mol. The normalized spacial score (nSPS) is 17.7. The number of pyridine rings is 1. The van der Waals surface area contributed by atoms with Gasteiger partial charge < -0.3 is 5.11 Å². The van der Waals surface area contributed by atoms with Crippen LogP contribution in [-0.4, -0.2) is 39.1 Å². The van der Waals surface area contributed by atoms with Gasteiger partial charge in [0, 0.05) is 19.4 Å². The number of carboxylic acid groups (broad SMARTS) is 1. The van der Waals surface area contributed by atoms with Crippen LogP contribution >= 0.6 is 11.8 Å². The molecule has 0 aliphatic carbocycles. The molecule has 0 bridgehead atoms. The van der Waals surface area contributed by atoms with E-state index in [9.17, 15) is 14.7 Å². The molecule has 0 radical (unpaired) electrons. The highest BCUT2D eigenvalue weighted by atomic mass is 32.2. The minimum absolute atomic E-state index is 0.0954. The van der Waals surface area contributed by atoms with Gasteiger partial charge in [0.1, 0.15) is 0 Å². The van der Waals surface area contributed by atoms with E-state index in [4.69, 9.17) is 0 Å². The van der Waals surface area contributed by atoms with Crippen molar-refractivity contribution in [2.24, 2.45) is 4.99 Å². The molecule has 2 aromatic rings. The third kappa shape index (κ3) is 3.21. The van der Waals surface area contributed by atoms with Crippen LogP contribution in [0, 0.1) is 0 Å².